The third-order valence-corrected chi connectivity index (χ3v) is 6.08. The van der Waals surface area contributed by atoms with E-state index in [1.54, 1.807) is 12.1 Å². The van der Waals surface area contributed by atoms with Crippen LogP contribution in [0.4, 0.5) is 0 Å². The second kappa shape index (κ2) is 7.31. The van der Waals surface area contributed by atoms with Gasteiger partial charge in [-0.05, 0) is 36.4 Å². The Morgan fingerprint density at radius 1 is 0.917 bits per heavy atom. The van der Waals surface area contributed by atoms with Crippen LogP contribution in [-0.2, 0) is 20.0 Å². The maximum absolute atomic E-state index is 12.4. The van der Waals surface area contributed by atoms with Crippen molar-refractivity contribution >= 4 is 20.0 Å². The third kappa shape index (κ3) is 4.54. The number of rotatable bonds is 7. The zero-order valence-electron chi connectivity index (χ0n) is 13.0. The topological polar surface area (TPSA) is 107 Å². The molecule has 0 heterocycles. The molecular weight excluding hydrogens is 352 g/mol. The first-order valence-electron chi connectivity index (χ1n) is 6.98. The van der Waals surface area contributed by atoms with E-state index in [-0.39, 0.29) is 22.9 Å². The maximum Gasteiger partial charge on any atom is 0.242 e. The molecule has 0 aliphatic carbocycles. The van der Waals surface area contributed by atoms with Crippen molar-refractivity contribution in [2.45, 2.75) is 9.79 Å². The predicted molar refractivity (Wildman–Crippen MR) is 89.6 cm³/mol. The second-order valence-corrected chi connectivity index (χ2v) is 8.61. The van der Waals surface area contributed by atoms with Crippen molar-refractivity contribution in [2.75, 3.05) is 20.2 Å². The maximum atomic E-state index is 12.4. The Balaban J connectivity index is 2.03. The van der Waals surface area contributed by atoms with E-state index >= 15 is 0 Å². The third-order valence-electron chi connectivity index (χ3n) is 3.28. The minimum Gasteiger partial charge on any atom is -0.492 e. The molecule has 7 nitrogen and oxygen atoms in total. The molecule has 2 rings (SSSR count). The highest BCUT2D eigenvalue weighted by Crippen LogP contribution is 2.17. The molecule has 0 amide bonds. The van der Waals surface area contributed by atoms with Crippen LogP contribution in [0.15, 0.2) is 64.4 Å². The normalized spacial score (nSPS) is 12.3. The number of primary sulfonamides is 1. The number of hydrogen-bond acceptors (Lipinski definition) is 5. The summed E-state index contributed by atoms with van der Waals surface area (Å²) < 4.78 is 53.9. The van der Waals surface area contributed by atoms with Crippen LogP contribution in [-0.4, -0.2) is 41.3 Å². The van der Waals surface area contributed by atoms with Crippen LogP contribution < -0.4 is 9.88 Å². The average Bonchev–Trinajstić information content (AvgIpc) is 2.55. The van der Waals surface area contributed by atoms with Crippen molar-refractivity contribution in [3.8, 4) is 5.75 Å². The van der Waals surface area contributed by atoms with Gasteiger partial charge in [0.25, 0.3) is 0 Å². The fourth-order valence-corrected chi connectivity index (χ4v) is 3.58. The van der Waals surface area contributed by atoms with Gasteiger partial charge >= 0.3 is 0 Å². The van der Waals surface area contributed by atoms with E-state index in [1.807, 2.05) is 18.2 Å². The van der Waals surface area contributed by atoms with Crippen LogP contribution >= 0.6 is 0 Å². The lowest BCUT2D eigenvalue weighted by molar-refractivity contribution is 0.287. The fraction of sp³-hybridized carbons (Fsp3) is 0.200. The standard InChI is InChI=1S/C15H18N2O5S2/c1-17(11-12-22-13-5-3-2-4-6-13)24(20,21)15-9-7-14(8-10-15)23(16,18)19/h2-10H,11-12H2,1H3,(H2,16,18,19). The summed E-state index contributed by atoms with van der Waals surface area (Å²) in [7, 11) is -6.17. The van der Waals surface area contributed by atoms with Crippen molar-refractivity contribution in [3.63, 3.8) is 0 Å². The Hall–Kier alpha value is -1.94. The summed E-state index contributed by atoms with van der Waals surface area (Å²) in [5.41, 5.74) is 0. The molecule has 0 radical (unpaired) electrons. The first-order valence-corrected chi connectivity index (χ1v) is 9.97. The molecule has 2 N–H and O–H groups in total. The van der Waals surface area contributed by atoms with Gasteiger partial charge < -0.3 is 4.74 Å². The number of nitrogens with zero attached hydrogens (tertiary/aromatic N) is 1. The highest BCUT2D eigenvalue weighted by molar-refractivity contribution is 7.89. The van der Waals surface area contributed by atoms with Crippen molar-refractivity contribution in [1.82, 2.24) is 4.31 Å². The SMILES string of the molecule is CN(CCOc1ccccc1)S(=O)(=O)c1ccc(S(N)(=O)=O)cc1. The molecular formula is C15H18N2O5S2. The Morgan fingerprint density at radius 3 is 2.00 bits per heavy atom. The number of hydrogen-bond donors (Lipinski definition) is 1. The zero-order valence-corrected chi connectivity index (χ0v) is 14.6. The molecule has 0 aliphatic heterocycles. The van der Waals surface area contributed by atoms with Crippen LogP contribution in [0.3, 0.4) is 0 Å². The van der Waals surface area contributed by atoms with Gasteiger partial charge in [0.2, 0.25) is 20.0 Å². The number of para-hydroxylation sites is 1. The number of benzene rings is 2. The van der Waals surface area contributed by atoms with E-state index in [2.05, 4.69) is 0 Å². The smallest absolute Gasteiger partial charge is 0.242 e. The molecule has 24 heavy (non-hydrogen) atoms. The van der Waals surface area contributed by atoms with Crippen LogP contribution in [0, 0.1) is 0 Å². The highest BCUT2D eigenvalue weighted by atomic mass is 32.2. The largest absolute Gasteiger partial charge is 0.492 e. The molecule has 0 fully saturated rings. The van der Waals surface area contributed by atoms with E-state index in [0.29, 0.717) is 5.75 Å². The number of nitrogens with two attached hydrogens (primary N) is 1. The van der Waals surface area contributed by atoms with Crippen molar-refractivity contribution in [3.05, 3.63) is 54.6 Å². The molecule has 0 bridgehead atoms. The number of likely N-dealkylation sites (N-methyl/N-ethyl adjacent to an activating group) is 1. The lowest BCUT2D eigenvalue weighted by Crippen LogP contribution is -2.31. The second-order valence-electron chi connectivity index (χ2n) is 5.00. The molecule has 9 heteroatoms. The monoisotopic (exact) mass is 370 g/mol. The minimum absolute atomic E-state index is 0.0166. The Labute approximate surface area is 141 Å². The molecule has 0 saturated carbocycles. The summed E-state index contributed by atoms with van der Waals surface area (Å²) in [6, 6.07) is 13.8. The summed E-state index contributed by atoms with van der Waals surface area (Å²) in [6.45, 7) is 0.336. The van der Waals surface area contributed by atoms with Crippen LogP contribution in [0.2, 0.25) is 0 Å². The highest BCUT2D eigenvalue weighted by Gasteiger charge is 2.21. The van der Waals surface area contributed by atoms with Crippen LogP contribution in [0.1, 0.15) is 0 Å². The lowest BCUT2D eigenvalue weighted by atomic mass is 10.3. The molecule has 0 spiro atoms. The fourth-order valence-electron chi connectivity index (χ4n) is 1.91. The zero-order chi connectivity index (χ0) is 17.8. The van der Waals surface area contributed by atoms with Gasteiger partial charge in [-0.1, -0.05) is 18.2 Å². The molecule has 0 unspecified atom stereocenters. The predicted octanol–water partition coefficient (Wildman–Crippen LogP) is 1.03. The van der Waals surface area contributed by atoms with E-state index in [4.69, 9.17) is 9.88 Å². The van der Waals surface area contributed by atoms with Gasteiger partial charge in [-0.3, -0.25) is 0 Å². The summed E-state index contributed by atoms with van der Waals surface area (Å²) in [6.07, 6.45) is 0. The van der Waals surface area contributed by atoms with Gasteiger partial charge in [0.15, 0.2) is 0 Å². The first kappa shape index (κ1) is 18.4. The molecule has 2 aromatic carbocycles. The van der Waals surface area contributed by atoms with Gasteiger partial charge in [-0.2, -0.15) is 4.31 Å². The summed E-state index contributed by atoms with van der Waals surface area (Å²) in [5, 5.41) is 4.99. The molecule has 0 atom stereocenters. The van der Waals surface area contributed by atoms with E-state index < -0.39 is 20.0 Å². The van der Waals surface area contributed by atoms with Crippen molar-refractivity contribution in [2.24, 2.45) is 5.14 Å². The van der Waals surface area contributed by atoms with Crippen LogP contribution in [0.25, 0.3) is 0 Å². The molecule has 130 valence electrons. The van der Waals surface area contributed by atoms with Gasteiger partial charge in [0.1, 0.15) is 12.4 Å². The van der Waals surface area contributed by atoms with Gasteiger partial charge in [-0.15, -0.1) is 0 Å². The Morgan fingerprint density at radius 2 is 1.46 bits per heavy atom. The first-order chi connectivity index (χ1) is 11.2. The summed E-state index contributed by atoms with van der Waals surface area (Å²) in [5.74, 6) is 0.654. The van der Waals surface area contributed by atoms with Gasteiger partial charge in [0, 0.05) is 13.6 Å². The van der Waals surface area contributed by atoms with E-state index in [9.17, 15) is 16.8 Å². The molecule has 0 aromatic heterocycles. The summed E-state index contributed by atoms with van der Waals surface area (Å²) in [4.78, 5) is -0.159. The Bertz CT molecular complexity index is 879. The Kier molecular flexibility index (Phi) is 5.60. The number of sulfonamides is 2. The van der Waals surface area contributed by atoms with E-state index in [1.165, 1.54) is 19.2 Å². The molecule has 2 aromatic rings. The van der Waals surface area contributed by atoms with Crippen molar-refractivity contribution < 1.29 is 21.6 Å². The number of ether oxygens (including phenoxy) is 1. The van der Waals surface area contributed by atoms with Crippen molar-refractivity contribution in [1.29, 1.82) is 0 Å². The lowest BCUT2D eigenvalue weighted by Gasteiger charge is -2.17. The van der Waals surface area contributed by atoms with Gasteiger partial charge in [0.05, 0.1) is 9.79 Å². The molecule has 0 saturated heterocycles. The van der Waals surface area contributed by atoms with E-state index in [0.717, 1.165) is 16.4 Å². The quantitative estimate of drug-likeness (QED) is 0.783. The average molecular weight is 370 g/mol. The van der Waals surface area contributed by atoms with Crippen LogP contribution in [0.5, 0.6) is 5.75 Å². The summed E-state index contributed by atoms with van der Waals surface area (Å²) >= 11 is 0. The minimum atomic E-state index is -3.86. The van der Waals surface area contributed by atoms with Gasteiger partial charge in [-0.25, -0.2) is 22.0 Å². The molecule has 0 aliphatic rings.